The van der Waals surface area contributed by atoms with Crippen LogP contribution in [0.4, 0.5) is 5.00 Å². The molecule has 0 saturated carbocycles. The maximum atomic E-state index is 12.2. The van der Waals surface area contributed by atoms with Crippen LogP contribution in [0, 0.1) is 0 Å². The van der Waals surface area contributed by atoms with E-state index < -0.39 is 0 Å². The number of rotatable bonds is 4. The fraction of sp³-hybridized carbons (Fsp3) is 0.333. The number of thiophene rings is 2. The van der Waals surface area contributed by atoms with Gasteiger partial charge in [-0.2, -0.15) is 0 Å². The molecule has 2 aromatic heterocycles. The van der Waals surface area contributed by atoms with Crippen molar-refractivity contribution in [2.45, 2.75) is 32.1 Å². The van der Waals surface area contributed by atoms with Crippen molar-refractivity contribution in [2.75, 3.05) is 12.4 Å². The fourth-order valence-corrected chi connectivity index (χ4v) is 4.74. The van der Waals surface area contributed by atoms with Gasteiger partial charge in [0, 0.05) is 15.8 Å². The Bertz CT molecular complexity index is 760. The van der Waals surface area contributed by atoms with Crippen LogP contribution in [0.1, 0.15) is 44.9 Å². The van der Waals surface area contributed by atoms with E-state index in [1.807, 2.05) is 17.5 Å². The van der Waals surface area contributed by atoms with Crippen LogP contribution in [0.15, 0.2) is 23.6 Å². The SMILES string of the molecule is COC(=O)c1c(NC(=O)C=Cc2cccs2)sc2c1CCCCC2. The fourth-order valence-electron chi connectivity index (χ4n) is 2.85. The van der Waals surface area contributed by atoms with E-state index in [0.717, 1.165) is 36.1 Å². The van der Waals surface area contributed by atoms with E-state index in [0.29, 0.717) is 10.6 Å². The zero-order chi connectivity index (χ0) is 16.9. The molecular weight excluding hydrogens is 342 g/mol. The third kappa shape index (κ3) is 3.76. The highest BCUT2D eigenvalue weighted by Gasteiger charge is 2.25. The molecule has 0 aromatic carbocycles. The molecule has 0 fully saturated rings. The maximum Gasteiger partial charge on any atom is 0.341 e. The van der Waals surface area contributed by atoms with Gasteiger partial charge in [-0.3, -0.25) is 4.79 Å². The number of anilines is 1. The molecule has 0 atom stereocenters. The molecule has 1 aliphatic rings. The monoisotopic (exact) mass is 361 g/mol. The second-order valence-electron chi connectivity index (χ2n) is 5.60. The van der Waals surface area contributed by atoms with Crippen molar-refractivity contribution in [1.82, 2.24) is 0 Å². The summed E-state index contributed by atoms with van der Waals surface area (Å²) < 4.78 is 4.94. The average Bonchev–Trinajstić information content (AvgIpc) is 3.15. The minimum Gasteiger partial charge on any atom is -0.465 e. The summed E-state index contributed by atoms with van der Waals surface area (Å²) in [7, 11) is 1.38. The van der Waals surface area contributed by atoms with Gasteiger partial charge < -0.3 is 10.1 Å². The van der Waals surface area contributed by atoms with E-state index in [-0.39, 0.29) is 11.9 Å². The Morgan fingerprint density at radius 2 is 2.08 bits per heavy atom. The van der Waals surface area contributed by atoms with Crippen molar-refractivity contribution in [2.24, 2.45) is 0 Å². The Morgan fingerprint density at radius 1 is 1.25 bits per heavy atom. The lowest BCUT2D eigenvalue weighted by molar-refractivity contribution is -0.111. The van der Waals surface area contributed by atoms with Gasteiger partial charge in [0.05, 0.1) is 12.7 Å². The van der Waals surface area contributed by atoms with E-state index >= 15 is 0 Å². The van der Waals surface area contributed by atoms with Crippen molar-refractivity contribution >= 4 is 45.6 Å². The molecule has 126 valence electrons. The number of aryl methyl sites for hydroxylation is 1. The van der Waals surface area contributed by atoms with Gasteiger partial charge in [-0.15, -0.1) is 22.7 Å². The van der Waals surface area contributed by atoms with E-state index in [4.69, 9.17) is 4.74 Å². The molecular formula is C18H19NO3S2. The molecule has 0 spiro atoms. The number of carbonyl (C=O) groups is 2. The molecule has 0 unspecified atom stereocenters. The predicted molar refractivity (Wildman–Crippen MR) is 98.9 cm³/mol. The number of amides is 1. The zero-order valence-electron chi connectivity index (χ0n) is 13.5. The van der Waals surface area contributed by atoms with Crippen LogP contribution in [-0.2, 0) is 22.4 Å². The maximum absolute atomic E-state index is 12.2. The van der Waals surface area contributed by atoms with Gasteiger partial charge in [-0.05, 0) is 48.8 Å². The Balaban J connectivity index is 1.84. The van der Waals surface area contributed by atoms with Crippen LogP contribution >= 0.6 is 22.7 Å². The summed E-state index contributed by atoms with van der Waals surface area (Å²) in [5.41, 5.74) is 1.60. The lowest BCUT2D eigenvalue weighted by Gasteiger charge is -2.06. The lowest BCUT2D eigenvalue weighted by atomic mass is 10.1. The molecule has 24 heavy (non-hydrogen) atoms. The smallest absolute Gasteiger partial charge is 0.341 e. The van der Waals surface area contributed by atoms with Crippen molar-refractivity contribution in [3.05, 3.63) is 44.5 Å². The summed E-state index contributed by atoms with van der Waals surface area (Å²) in [6.07, 6.45) is 8.47. The van der Waals surface area contributed by atoms with Gasteiger partial charge in [0.25, 0.3) is 0 Å². The Hall–Kier alpha value is -1.92. The van der Waals surface area contributed by atoms with E-state index in [2.05, 4.69) is 5.32 Å². The Morgan fingerprint density at radius 3 is 2.83 bits per heavy atom. The molecule has 6 heteroatoms. The molecule has 2 heterocycles. The first-order valence-corrected chi connectivity index (χ1v) is 9.64. The highest BCUT2D eigenvalue weighted by Crippen LogP contribution is 2.37. The van der Waals surface area contributed by atoms with Crippen molar-refractivity contribution in [3.8, 4) is 0 Å². The minimum atomic E-state index is -0.369. The molecule has 1 amide bonds. The summed E-state index contributed by atoms with van der Waals surface area (Å²) in [5.74, 6) is -0.600. The normalized spacial score (nSPS) is 14.2. The molecule has 0 saturated heterocycles. The van der Waals surface area contributed by atoms with E-state index in [1.54, 1.807) is 17.4 Å². The highest BCUT2D eigenvalue weighted by atomic mass is 32.1. The standard InChI is InChI=1S/C18H19NO3S2/c1-22-18(21)16-13-7-3-2-4-8-14(13)24-17(16)19-15(20)10-9-12-6-5-11-23-12/h5-6,9-11H,2-4,7-8H2,1H3,(H,19,20). The molecule has 0 bridgehead atoms. The summed E-state index contributed by atoms with van der Waals surface area (Å²) in [6.45, 7) is 0. The zero-order valence-corrected chi connectivity index (χ0v) is 15.1. The topological polar surface area (TPSA) is 55.4 Å². The quantitative estimate of drug-likeness (QED) is 0.495. The van der Waals surface area contributed by atoms with Crippen LogP contribution < -0.4 is 5.32 Å². The van der Waals surface area contributed by atoms with Gasteiger partial charge >= 0.3 is 5.97 Å². The lowest BCUT2D eigenvalue weighted by Crippen LogP contribution is -2.12. The number of ether oxygens (including phenoxy) is 1. The van der Waals surface area contributed by atoms with Gasteiger partial charge in [-0.1, -0.05) is 12.5 Å². The van der Waals surface area contributed by atoms with Crippen molar-refractivity contribution in [3.63, 3.8) is 0 Å². The third-order valence-electron chi connectivity index (χ3n) is 3.99. The molecule has 1 aliphatic carbocycles. The molecule has 0 radical (unpaired) electrons. The van der Waals surface area contributed by atoms with Gasteiger partial charge in [0.15, 0.2) is 0 Å². The summed E-state index contributed by atoms with van der Waals surface area (Å²) >= 11 is 3.08. The largest absolute Gasteiger partial charge is 0.465 e. The molecule has 1 N–H and O–H groups in total. The van der Waals surface area contributed by atoms with Crippen molar-refractivity contribution in [1.29, 1.82) is 0 Å². The number of esters is 1. The first-order valence-electron chi connectivity index (χ1n) is 7.94. The minimum absolute atomic E-state index is 0.232. The molecule has 4 nitrogen and oxygen atoms in total. The molecule has 3 rings (SSSR count). The van der Waals surface area contributed by atoms with Crippen LogP contribution in [0.25, 0.3) is 6.08 Å². The summed E-state index contributed by atoms with van der Waals surface area (Å²) in [5, 5.41) is 5.43. The number of fused-ring (bicyclic) bond motifs is 1. The number of nitrogens with one attached hydrogen (secondary N) is 1. The molecule has 0 aliphatic heterocycles. The first-order chi connectivity index (χ1) is 11.7. The second-order valence-corrected chi connectivity index (χ2v) is 7.68. The highest BCUT2D eigenvalue weighted by molar-refractivity contribution is 7.17. The summed E-state index contributed by atoms with van der Waals surface area (Å²) in [6, 6.07) is 3.88. The summed E-state index contributed by atoms with van der Waals surface area (Å²) in [4.78, 5) is 26.6. The number of methoxy groups -OCH3 is 1. The average molecular weight is 361 g/mol. The van der Waals surface area contributed by atoms with E-state index in [9.17, 15) is 9.59 Å². The first kappa shape index (κ1) is 16.9. The number of carbonyl (C=O) groups excluding carboxylic acids is 2. The van der Waals surface area contributed by atoms with E-state index in [1.165, 1.54) is 35.8 Å². The predicted octanol–water partition coefficient (Wildman–Crippen LogP) is 4.52. The van der Waals surface area contributed by atoms with Gasteiger partial charge in [-0.25, -0.2) is 4.79 Å². The van der Waals surface area contributed by atoms with Crippen LogP contribution in [0.2, 0.25) is 0 Å². The second kappa shape index (κ2) is 7.77. The molecule has 2 aromatic rings. The van der Waals surface area contributed by atoms with Crippen LogP contribution in [-0.4, -0.2) is 19.0 Å². The van der Waals surface area contributed by atoms with Gasteiger partial charge in [0.2, 0.25) is 5.91 Å². The van der Waals surface area contributed by atoms with Crippen LogP contribution in [0.5, 0.6) is 0 Å². The van der Waals surface area contributed by atoms with Crippen LogP contribution in [0.3, 0.4) is 0 Å². The Kier molecular flexibility index (Phi) is 5.48. The Labute approximate surface area is 149 Å². The van der Waals surface area contributed by atoms with Gasteiger partial charge in [0.1, 0.15) is 5.00 Å². The third-order valence-corrected chi connectivity index (χ3v) is 6.03. The number of hydrogen-bond donors (Lipinski definition) is 1. The number of hydrogen-bond acceptors (Lipinski definition) is 5. The van der Waals surface area contributed by atoms with Crippen molar-refractivity contribution < 1.29 is 14.3 Å².